The summed E-state index contributed by atoms with van der Waals surface area (Å²) in [6.07, 6.45) is -5.82. The summed E-state index contributed by atoms with van der Waals surface area (Å²) in [7, 11) is 0. The van der Waals surface area contributed by atoms with Crippen molar-refractivity contribution >= 4 is 0 Å². The second-order valence-corrected chi connectivity index (χ2v) is 9.01. The summed E-state index contributed by atoms with van der Waals surface area (Å²) in [5.41, 5.74) is 6.12. The number of hydrogen-bond acceptors (Lipinski definition) is 5. The van der Waals surface area contributed by atoms with Gasteiger partial charge in [-0.1, -0.05) is 74.5 Å². The van der Waals surface area contributed by atoms with Crippen LogP contribution in [0.4, 0.5) is 0 Å². The fourth-order valence-corrected chi connectivity index (χ4v) is 4.60. The number of fused-ring (bicyclic) bond motifs is 1. The molecule has 0 spiro atoms. The number of rotatable bonds is 4. The van der Waals surface area contributed by atoms with Gasteiger partial charge in [0.15, 0.2) is 0 Å². The summed E-state index contributed by atoms with van der Waals surface area (Å²) < 4.78 is 5.78. The monoisotopic (exact) mass is 422 g/mol. The summed E-state index contributed by atoms with van der Waals surface area (Å²) in [5.74, 6) is 0. The zero-order valence-corrected chi connectivity index (χ0v) is 18.1. The quantitative estimate of drug-likeness (QED) is 0.519. The molecule has 5 nitrogen and oxygen atoms in total. The van der Waals surface area contributed by atoms with Crippen LogP contribution in [0.1, 0.15) is 42.2 Å². The second kappa shape index (κ2) is 8.34. The third-order valence-corrected chi connectivity index (χ3v) is 6.61. The summed E-state index contributed by atoms with van der Waals surface area (Å²) in [6.45, 7) is 5.95. The van der Waals surface area contributed by atoms with E-state index >= 15 is 0 Å². The topological polar surface area (TPSA) is 90.2 Å². The molecule has 1 fully saturated rings. The number of benzene rings is 1. The largest absolute Gasteiger partial charge is 0.394 e. The van der Waals surface area contributed by atoms with Crippen LogP contribution < -0.4 is 0 Å². The van der Waals surface area contributed by atoms with Crippen molar-refractivity contribution in [3.8, 4) is 11.1 Å². The van der Waals surface area contributed by atoms with E-state index in [1.807, 2.05) is 36.4 Å². The molecule has 1 aromatic rings. The van der Waals surface area contributed by atoms with Crippen LogP contribution in [0.2, 0.25) is 0 Å². The number of ether oxygens (including phenoxy) is 1. The highest BCUT2D eigenvalue weighted by molar-refractivity contribution is 5.69. The molecule has 0 saturated carbocycles. The highest BCUT2D eigenvalue weighted by atomic mass is 16.5. The molecule has 3 aliphatic rings. The van der Waals surface area contributed by atoms with E-state index < -0.39 is 37.1 Å². The van der Waals surface area contributed by atoms with Crippen LogP contribution >= 0.6 is 0 Å². The van der Waals surface area contributed by atoms with Gasteiger partial charge >= 0.3 is 0 Å². The smallest absolute Gasteiger partial charge is 0.113 e. The van der Waals surface area contributed by atoms with Crippen molar-refractivity contribution in [1.82, 2.24) is 0 Å². The molecular formula is C26H30O5. The van der Waals surface area contributed by atoms with Crippen molar-refractivity contribution in [2.24, 2.45) is 0 Å². The van der Waals surface area contributed by atoms with Crippen molar-refractivity contribution in [2.75, 3.05) is 6.61 Å². The van der Waals surface area contributed by atoms with Crippen LogP contribution in [0.5, 0.6) is 0 Å². The highest BCUT2D eigenvalue weighted by Crippen LogP contribution is 2.41. The summed E-state index contributed by atoms with van der Waals surface area (Å²) >= 11 is 0. The van der Waals surface area contributed by atoms with Gasteiger partial charge in [-0.05, 0) is 40.3 Å². The lowest BCUT2D eigenvalue weighted by molar-refractivity contribution is -0.231. The average molecular weight is 423 g/mol. The molecule has 0 radical (unpaired) electrons. The van der Waals surface area contributed by atoms with E-state index in [1.54, 1.807) is 0 Å². The highest BCUT2D eigenvalue weighted by Gasteiger charge is 2.44. The van der Waals surface area contributed by atoms with Crippen LogP contribution in [0.15, 0.2) is 60.7 Å². The van der Waals surface area contributed by atoms with Crippen LogP contribution in [0, 0.1) is 6.92 Å². The normalized spacial score (nSPS) is 26.9. The van der Waals surface area contributed by atoms with Crippen molar-refractivity contribution in [2.45, 2.75) is 56.7 Å². The molecule has 164 valence electrons. The van der Waals surface area contributed by atoms with E-state index in [-0.39, 0.29) is 5.41 Å². The number of hydrogen-bond donors (Lipinski definition) is 4. The first-order chi connectivity index (χ1) is 14.7. The lowest BCUT2D eigenvalue weighted by Gasteiger charge is -2.40. The van der Waals surface area contributed by atoms with E-state index in [1.165, 1.54) is 16.7 Å². The second-order valence-electron chi connectivity index (χ2n) is 9.01. The van der Waals surface area contributed by atoms with Gasteiger partial charge < -0.3 is 25.2 Å². The van der Waals surface area contributed by atoms with Gasteiger partial charge in [0, 0.05) is 5.41 Å². The molecule has 5 heteroatoms. The van der Waals surface area contributed by atoms with Gasteiger partial charge in [0.25, 0.3) is 0 Å². The van der Waals surface area contributed by atoms with Crippen LogP contribution in [-0.2, 0) is 10.2 Å². The Bertz CT molecular complexity index is 997. The van der Waals surface area contributed by atoms with Crippen LogP contribution in [0.25, 0.3) is 11.1 Å². The Balaban J connectivity index is 1.74. The maximum atomic E-state index is 10.6. The third kappa shape index (κ3) is 3.88. The molecule has 1 aliphatic heterocycles. The summed E-state index contributed by atoms with van der Waals surface area (Å²) in [5, 5.41) is 40.4. The van der Waals surface area contributed by atoms with Crippen molar-refractivity contribution < 1.29 is 25.2 Å². The fourth-order valence-electron chi connectivity index (χ4n) is 4.60. The molecule has 0 aromatic heterocycles. The lowest BCUT2D eigenvalue weighted by atomic mass is 9.76. The van der Waals surface area contributed by atoms with Crippen molar-refractivity contribution in [3.05, 3.63) is 82.9 Å². The molecule has 0 bridgehead atoms. The molecule has 1 heterocycles. The minimum Gasteiger partial charge on any atom is -0.394 e. The Morgan fingerprint density at radius 2 is 1.48 bits per heavy atom. The Morgan fingerprint density at radius 3 is 2.10 bits per heavy atom. The first-order valence-electron chi connectivity index (χ1n) is 10.6. The molecule has 4 rings (SSSR count). The molecule has 1 aromatic carbocycles. The van der Waals surface area contributed by atoms with E-state index in [4.69, 9.17) is 4.74 Å². The molecule has 2 aliphatic carbocycles. The zero-order valence-electron chi connectivity index (χ0n) is 18.1. The summed E-state index contributed by atoms with van der Waals surface area (Å²) in [4.78, 5) is 0. The molecule has 5 unspecified atom stereocenters. The minimum atomic E-state index is -1.39. The molecule has 1 saturated heterocycles. The first kappa shape index (κ1) is 21.9. The average Bonchev–Trinajstić information content (AvgIpc) is 3.04. The van der Waals surface area contributed by atoms with Gasteiger partial charge in [-0.2, -0.15) is 0 Å². The van der Waals surface area contributed by atoms with Gasteiger partial charge in [-0.3, -0.25) is 0 Å². The Morgan fingerprint density at radius 1 is 0.839 bits per heavy atom. The SMILES string of the molecule is Cc1ccc(C2OC(CO)C(O)C(O)C2O)cc1C(C)(C)c1cc2cccccc-2c1. The van der Waals surface area contributed by atoms with E-state index in [9.17, 15) is 20.4 Å². The molecular weight excluding hydrogens is 392 g/mol. The van der Waals surface area contributed by atoms with Gasteiger partial charge in [0.05, 0.1) is 6.61 Å². The number of aliphatic hydroxyl groups excluding tert-OH is 4. The van der Waals surface area contributed by atoms with Gasteiger partial charge in [0.2, 0.25) is 0 Å². The number of aryl methyl sites for hydroxylation is 1. The lowest BCUT2D eigenvalue weighted by Crippen LogP contribution is -2.55. The van der Waals surface area contributed by atoms with Gasteiger partial charge in [-0.15, -0.1) is 0 Å². The third-order valence-electron chi connectivity index (χ3n) is 6.61. The predicted molar refractivity (Wildman–Crippen MR) is 119 cm³/mol. The minimum absolute atomic E-state index is 0.314. The van der Waals surface area contributed by atoms with Gasteiger partial charge in [0.1, 0.15) is 30.5 Å². The Kier molecular flexibility index (Phi) is 5.90. The molecule has 31 heavy (non-hydrogen) atoms. The van der Waals surface area contributed by atoms with Gasteiger partial charge in [-0.25, -0.2) is 0 Å². The van der Waals surface area contributed by atoms with E-state index in [0.717, 1.165) is 11.1 Å². The van der Waals surface area contributed by atoms with Crippen LogP contribution in [0.3, 0.4) is 0 Å². The molecule has 4 N–H and O–H groups in total. The van der Waals surface area contributed by atoms with Crippen LogP contribution in [-0.4, -0.2) is 51.4 Å². The first-order valence-corrected chi connectivity index (χ1v) is 10.6. The summed E-state index contributed by atoms with van der Waals surface area (Å²) in [6, 6.07) is 20.5. The number of aliphatic hydroxyl groups is 4. The van der Waals surface area contributed by atoms with Crippen molar-refractivity contribution in [1.29, 1.82) is 0 Å². The predicted octanol–water partition coefficient (Wildman–Crippen LogP) is 2.94. The Labute approximate surface area is 182 Å². The van der Waals surface area contributed by atoms with E-state index in [0.29, 0.717) is 5.56 Å². The molecule has 0 amide bonds. The van der Waals surface area contributed by atoms with E-state index in [2.05, 4.69) is 45.0 Å². The molecule has 5 atom stereocenters. The Hall–Kier alpha value is -2.28. The maximum Gasteiger partial charge on any atom is 0.113 e. The maximum absolute atomic E-state index is 10.6. The van der Waals surface area contributed by atoms with Crippen molar-refractivity contribution in [3.63, 3.8) is 0 Å². The fraction of sp³-hybridized carbons (Fsp3) is 0.385. The zero-order chi connectivity index (χ0) is 22.3. The standard InChI is InChI=1S/C26H30O5/c1-15-9-10-18(25-24(30)23(29)22(28)21(14-27)31-25)13-20(15)26(2,3)19-11-16-7-5-4-6-8-17(16)12-19/h4-13,21-25,27-30H,14H2,1-3H3.